The SMILES string of the molecule is CCSc1n[n+]2c(c(=O)[nH]1)-c1ccccc1N(C(C)=O)[C@@H]2c1cc(Cl)ccc1OC(C)=O. The number of halogens is 1. The molecule has 3 aromatic rings. The Labute approximate surface area is 193 Å². The molecule has 0 bridgehead atoms. The molecule has 0 aliphatic carbocycles. The average molecular weight is 472 g/mol. The van der Waals surface area contributed by atoms with Crippen molar-refractivity contribution < 1.29 is 19.0 Å². The van der Waals surface area contributed by atoms with Gasteiger partial charge in [0.15, 0.2) is 0 Å². The number of H-pyrrole nitrogens is 1. The average Bonchev–Trinajstić information content (AvgIpc) is 2.73. The number of aromatic amines is 1. The highest BCUT2D eigenvalue weighted by Gasteiger charge is 2.46. The Kier molecular flexibility index (Phi) is 6.03. The smallest absolute Gasteiger partial charge is 0.325 e. The fourth-order valence-corrected chi connectivity index (χ4v) is 4.53. The first-order chi connectivity index (χ1) is 15.3. The number of hydrogen-bond donors (Lipinski definition) is 1. The fraction of sp³-hybridized carbons (Fsp3) is 0.227. The summed E-state index contributed by atoms with van der Waals surface area (Å²) in [6.45, 7) is 4.66. The molecule has 1 N–H and O–H groups in total. The summed E-state index contributed by atoms with van der Waals surface area (Å²) in [5.74, 6) is 0.116. The van der Waals surface area contributed by atoms with Crippen LogP contribution in [0.25, 0.3) is 11.3 Å². The van der Waals surface area contributed by atoms with Crippen molar-refractivity contribution in [3.05, 3.63) is 63.4 Å². The normalized spacial score (nSPS) is 14.5. The number of rotatable bonds is 4. The number of carbonyl (C=O) groups excluding carboxylic acids is 2. The van der Waals surface area contributed by atoms with Crippen molar-refractivity contribution in [1.29, 1.82) is 0 Å². The van der Waals surface area contributed by atoms with Gasteiger partial charge in [-0.1, -0.05) is 42.4 Å². The molecular formula is C22H20ClN4O4S+. The van der Waals surface area contributed by atoms with Gasteiger partial charge in [-0.25, -0.2) is 4.90 Å². The van der Waals surface area contributed by atoms with Gasteiger partial charge in [0.2, 0.25) is 11.1 Å². The minimum Gasteiger partial charge on any atom is -0.426 e. The number of aromatic nitrogens is 3. The maximum Gasteiger partial charge on any atom is 0.325 e. The second-order valence-corrected chi connectivity index (χ2v) is 8.73. The number of ether oxygens (including phenoxy) is 1. The molecule has 0 saturated carbocycles. The lowest BCUT2D eigenvalue weighted by Gasteiger charge is -2.31. The minimum absolute atomic E-state index is 0.225. The zero-order chi connectivity index (χ0) is 23.0. The van der Waals surface area contributed by atoms with Gasteiger partial charge < -0.3 is 4.74 Å². The summed E-state index contributed by atoms with van der Waals surface area (Å²) in [5, 5.41) is 5.44. The van der Waals surface area contributed by atoms with Crippen molar-refractivity contribution in [2.24, 2.45) is 0 Å². The van der Waals surface area contributed by atoms with E-state index in [0.717, 1.165) is 0 Å². The van der Waals surface area contributed by atoms with Gasteiger partial charge in [-0.2, -0.15) is 0 Å². The van der Waals surface area contributed by atoms with Gasteiger partial charge >= 0.3 is 17.2 Å². The molecular weight excluding hydrogens is 452 g/mol. The number of amides is 1. The van der Waals surface area contributed by atoms with Crippen molar-refractivity contribution in [2.45, 2.75) is 32.1 Å². The van der Waals surface area contributed by atoms with Gasteiger partial charge in [-0.3, -0.25) is 19.4 Å². The van der Waals surface area contributed by atoms with Crippen LogP contribution in [-0.4, -0.2) is 27.7 Å². The van der Waals surface area contributed by atoms with Crippen molar-refractivity contribution in [1.82, 2.24) is 10.1 Å². The first kappa shape index (κ1) is 22.0. The van der Waals surface area contributed by atoms with Crippen LogP contribution in [0.1, 0.15) is 32.5 Å². The molecule has 1 atom stereocenters. The number of thioether (sulfide) groups is 1. The highest BCUT2D eigenvalue weighted by molar-refractivity contribution is 7.99. The predicted molar refractivity (Wildman–Crippen MR) is 121 cm³/mol. The van der Waals surface area contributed by atoms with Crippen LogP contribution in [-0.2, 0) is 9.59 Å². The van der Waals surface area contributed by atoms with Gasteiger partial charge in [0, 0.05) is 24.0 Å². The number of nitrogens with zero attached hydrogens (tertiary/aromatic N) is 3. The van der Waals surface area contributed by atoms with E-state index in [2.05, 4.69) is 10.1 Å². The van der Waals surface area contributed by atoms with Crippen LogP contribution in [0, 0.1) is 0 Å². The van der Waals surface area contributed by atoms with Crippen LogP contribution >= 0.6 is 23.4 Å². The molecule has 1 aliphatic heterocycles. The molecule has 8 nitrogen and oxygen atoms in total. The summed E-state index contributed by atoms with van der Waals surface area (Å²) in [4.78, 5) is 42.2. The largest absolute Gasteiger partial charge is 0.426 e. The lowest BCUT2D eigenvalue weighted by atomic mass is 10.0. The predicted octanol–water partition coefficient (Wildman–Crippen LogP) is 3.33. The van der Waals surface area contributed by atoms with Crippen molar-refractivity contribution in [2.75, 3.05) is 10.7 Å². The maximum atomic E-state index is 13.2. The Morgan fingerprint density at radius 2 is 2.00 bits per heavy atom. The Morgan fingerprint density at radius 3 is 2.69 bits per heavy atom. The molecule has 1 amide bonds. The number of anilines is 1. The molecule has 2 aromatic carbocycles. The number of hydrogen-bond acceptors (Lipinski definition) is 6. The Balaban J connectivity index is 2.09. The number of benzene rings is 2. The van der Waals surface area contributed by atoms with E-state index < -0.39 is 12.1 Å². The number of para-hydroxylation sites is 1. The molecule has 32 heavy (non-hydrogen) atoms. The standard InChI is InChI=1S/C22H19ClN4O4S/c1-4-32-22-24-20(30)19-15-7-5-6-8-17(15)26(12(2)28)21(27(19)25-22)16-11-14(23)9-10-18(16)31-13(3)29/h5-11,21H,4H2,1-3H3/p+1/t21-/m0/s1. The van der Waals surface area contributed by atoms with Crippen LogP contribution in [0.15, 0.2) is 52.4 Å². The molecule has 164 valence electrons. The summed E-state index contributed by atoms with van der Waals surface area (Å²) in [6.07, 6.45) is -0.899. The molecule has 0 saturated heterocycles. The third kappa shape index (κ3) is 3.89. The number of esters is 1. The van der Waals surface area contributed by atoms with Gasteiger partial charge in [0.1, 0.15) is 5.75 Å². The molecule has 0 unspecified atom stereocenters. The zero-order valence-electron chi connectivity index (χ0n) is 17.6. The molecule has 1 aromatic heterocycles. The lowest BCUT2D eigenvalue weighted by Crippen LogP contribution is -2.60. The first-order valence-corrected chi connectivity index (χ1v) is 11.2. The molecule has 4 rings (SSSR count). The summed E-state index contributed by atoms with van der Waals surface area (Å²) >= 11 is 7.66. The van der Waals surface area contributed by atoms with E-state index in [0.29, 0.717) is 32.7 Å². The lowest BCUT2D eigenvalue weighted by molar-refractivity contribution is -0.763. The summed E-state index contributed by atoms with van der Waals surface area (Å²) < 4.78 is 6.92. The van der Waals surface area contributed by atoms with E-state index in [1.54, 1.807) is 42.5 Å². The van der Waals surface area contributed by atoms with Crippen LogP contribution in [0.5, 0.6) is 5.75 Å². The number of fused-ring (bicyclic) bond motifs is 3. The van der Waals surface area contributed by atoms with Gasteiger partial charge in [-0.05, 0) is 40.8 Å². The van der Waals surface area contributed by atoms with Crippen LogP contribution in [0.3, 0.4) is 0 Å². The van der Waals surface area contributed by atoms with Crippen molar-refractivity contribution >= 4 is 40.9 Å². The summed E-state index contributed by atoms with van der Waals surface area (Å²) in [6, 6.07) is 11.9. The maximum absolute atomic E-state index is 13.2. The second-order valence-electron chi connectivity index (χ2n) is 7.04. The second kappa shape index (κ2) is 8.76. The molecule has 0 spiro atoms. The third-order valence-corrected chi connectivity index (χ3v) is 5.86. The molecule has 0 fully saturated rings. The van der Waals surface area contributed by atoms with Gasteiger partial charge in [-0.15, -0.1) is 0 Å². The van der Waals surface area contributed by atoms with Gasteiger partial charge in [0.05, 0.1) is 16.8 Å². The monoisotopic (exact) mass is 471 g/mol. The summed E-state index contributed by atoms with van der Waals surface area (Å²) in [5.41, 5.74) is 1.48. The highest BCUT2D eigenvalue weighted by atomic mass is 35.5. The Hall–Kier alpha value is -3.17. The first-order valence-electron chi connectivity index (χ1n) is 9.87. The number of nitrogens with one attached hydrogen (secondary N) is 1. The minimum atomic E-state index is -0.899. The van der Waals surface area contributed by atoms with E-state index in [-0.39, 0.29) is 22.9 Å². The number of carbonyl (C=O) groups is 2. The quantitative estimate of drug-likeness (QED) is 0.271. The Bertz CT molecular complexity index is 1290. The molecule has 10 heteroatoms. The van der Waals surface area contributed by atoms with Crippen LogP contribution < -0.4 is 19.9 Å². The van der Waals surface area contributed by atoms with Crippen LogP contribution in [0.4, 0.5) is 5.69 Å². The fourth-order valence-electron chi connectivity index (χ4n) is 3.76. The Morgan fingerprint density at radius 1 is 1.25 bits per heavy atom. The van der Waals surface area contributed by atoms with Gasteiger partial charge in [0.25, 0.3) is 6.17 Å². The molecule has 1 aliphatic rings. The van der Waals surface area contributed by atoms with E-state index in [9.17, 15) is 14.4 Å². The summed E-state index contributed by atoms with van der Waals surface area (Å²) in [7, 11) is 0. The van der Waals surface area contributed by atoms with Crippen molar-refractivity contribution in [3.63, 3.8) is 0 Å². The molecule has 0 radical (unpaired) electrons. The van der Waals surface area contributed by atoms with Crippen LogP contribution in [0.2, 0.25) is 5.02 Å². The van der Waals surface area contributed by atoms with E-state index in [4.69, 9.17) is 16.3 Å². The van der Waals surface area contributed by atoms with E-state index >= 15 is 0 Å². The third-order valence-electron chi connectivity index (χ3n) is 4.88. The molecule has 2 heterocycles. The van der Waals surface area contributed by atoms with Crippen molar-refractivity contribution in [3.8, 4) is 17.0 Å². The zero-order valence-corrected chi connectivity index (χ0v) is 19.2. The topological polar surface area (TPSA) is 96.2 Å². The highest BCUT2D eigenvalue weighted by Crippen LogP contribution is 2.40. The van der Waals surface area contributed by atoms with E-state index in [1.165, 1.54) is 35.2 Å². The van der Waals surface area contributed by atoms with E-state index in [1.807, 2.05) is 6.92 Å².